The molecule has 1 fully saturated rings. The van der Waals surface area contributed by atoms with Crippen LogP contribution in [0.5, 0.6) is 0 Å². The molecule has 0 amide bonds. The molecule has 1 rings (SSSR count). The van der Waals surface area contributed by atoms with E-state index in [1.54, 1.807) is 0 Å². The van der Waals surface area contributed by atoms with Crippen molar-refractivity contribution in [2.75, 3.05) is 39.9 Å². The number of nitrogens with zero attached hydrogens (tertiary/aromatic N) is 2. The van der Waals surface area contributed by atoms with E-state index in [0.29, 0.717) is 5.92 Å². The van der Waals surface area contributed by atoms with Gasteiger partial charge in [0.25, 0.3) is 0 Å². The molecule has 1 aliphatic heterocycles. The summed E-state index contributed by atoms with van der Waals surface area (Å²) in [7, 11) is 2.12. The lowest BCUT2D eigenvalue weighted by molar-refractivity contribution is 0.181. The molecule has 0 aliphatic carbocycles. The molecule has 0 aromatic carbocycles. The van der Waals surface area contributed by atoms with E-state index in [1.165, 1.54) is 25.7 Å². The summed E-state index contributed by atoms with van der Waals surface area (Å²) in [4.78, 5) is 6.93. The number of halogens is 1. The second kappa shape index (κ2) is 11.8. The van der Waals surface area contributed by atoms with E-state index in [9.17, 15) is 0 Å². The molecule has 1 atom stereocenters. The molecule has 0 aromatic rings. The van der Waals surface area contributed by atoms with Gasteiger partial charge in [-0.1, -0.05) is 19.8 Å². The van der Waals surface area contributed by atoms with E-state index < -0.39 is 0 Å². The van der Waals surface area contributed by atoms with E-state index in [1.807, 2.05) is 0 Å². The van der Waals surface area contributed by atoms with Gasteiger partial charge in [0.05, 0.1) is 6.61 Å². The molecular formula is C14H30IN3O. The highest BCUT2D eigenvalue weighted by Crippen LogP contribution is 2.13. The number of guanidine groups is 1. The van der Waals surface area contributed by atoms with Gasteiger partial charge >= 0.3 is 0 Å². The highest BCUT2D eigenvalue weighted by molar-refractivity contribution is 14.0. The predicted molar refractivity (Wildman–Crippen MR) is 92.5 cm³/mol. The van der Waals surface area contributed by atoms with Gasteiger partial charge in [-0.15, -0.1) is 24.0 Å². The first-order valence-corrected chi connectivity index (χ1v) is 7.35. The molecule has 114 valence electrons. The standard InChI is InChI=1S/C14H29N3O.HI/c1-4-6-7-9-16-14(15-5-2)17(3)11-13-8-10-18-12-13;/h13H,4-12H2,1-3H3,(H,15,16);1H. The molecule has 4 nitrogen and oxygen atoms in total. The Bertz CT molecular complexity index is 243. The molecular weight excluding hydrogens is 353 g/mol. The maximum atomic E-state index is 5.42. The van der Waals surface area contributed by atoms with Crippen molar-refractivity contribution in [2.45, 2.75) is 39.5 Å². The zero-order chi connectivity index (χ0) is 13.2. The molecule has 1 heterocycles. The first-order chi connectivity index (χ1) is 8.77. The molecule has 0 radical (unpaired) electrons. The van der Waals surface area contributed by atoms with Gasteiger partial charge in [-0.2, -0.15) is 0 Å². The van der Waals surface area contributed by atoms with Crippen LogP contribution in [0.3, 0.4) is 0 Å². The van der Waals surface area contributed by atoms with Crippen molar-refractivity contribution in [3.05, 3.63) is 0 Å². The van der Waals surface area contributed by atoms with Crippen LogP contribution in [0, 0.1) is 5.92 Å². The third-order valence-electron chi connectivity index (χ3n) is 3.28. The summed E-state index contributed by atoms with van der Waals surface area (Å²) in [5.41, 5.74) is 0. The monoisotopic (exact) mass is 383 g/mol. The lowest BCUT2D eigenvalue weighted by atomic mass is 10.1. The Kier molecular flexibility index (Phi) is 11.7. The normalized spacial score (nSPS) is 19.1. The van der Waals surface area contributed by atoms with Crippen molar-refractivity contribution in [1.82, 2.24) is 10.2 Å². The lowest BCUT2D eigenvalue weighted by Gasteiger charge is -2.24. The second-order valence-corrected chi connectivity index (χ2v) is 5.05. The fraction of sp³-hybridized carbons (Fsp3) is 0.929. The van der Waals surface area contributed by atoms with Gasteiger partial charge in [0.2, 0.25) is 0 Å². The Morgan fingerprint density at radius 3 is 2.74 bits per heavy atom. The SMILES string of the molecule is CCCCCN=C(NCC)N(C)CC1CCOC1.I. The topological polar surface area (TPSA) is 36.9 Å². The largest absolute Gasteiger partial charge is 0.381 e. The summed E-state index contributed by atoms with van der Waals surface area (Å²) < 4.78 is 5.42. The van der Waals surface area contributed by atoms with Crippen LogP contribution >= 0.6 is 24.0 Å². The Hall–Kier alpha value is -0.0400. The summed E-state index contributed by atoms with van der Waals surface area (Å²) in [6.07, 6.45) is 4.88. The van der Waals surface area contributed by atoms with Gasteiger partial charge in [-0.05, 0) is 19.8 Å². The summed E-state index contributed by atoms with van der Waals surface area (Å²) in [5.74, 6) is 1.70. The third kappa shape index (κ3) is 7.97. The Morgan fingerprint density at radius 2 is 2.16 bits per heavy atom. The first-order valence-electron chi connectivity index (χ1n) is 7.35. The lowest BCUT2D eigenvalue weighted by Crippen LogP contribution is -2.41. The number of hydrogen-bond donors (Lipinski definition) is 1. The maximum Gasteiger partial charge on any atom is 0.193 e. The van der Waals surface area contributed by atoms with E-state index in [4.69, 9.17) is 4.74 Å². The number of ether oxygens (including phenoxy) is 1. The minimum atomic E-state index is 0. The number of unbranched alkanes of at least 4 members (excludes halogenated alkanes) is 2. The van der Waals surface area contributed by atoms with Crippen molar-refractivity contribution in [2.24, 2.45) is 10.9 Å². The van der Waals surface area contributed by atoms with Gasteiger partial charge in [-0.25, -0.2) is 0 Å². The zero-order valence-corrected chi connectivity index (χ0v) is 15.0. The summed E-state index contributed by atoms with van der Waals surface area (Å²) in [6.45, 7) is 9.07. The van der Waals surface area contributed by atoms with Crippen LogP contribution < -0.4 is 5.32 Å². The molecule has 1 unspecified atom stereocenters. The quantitative estimate of drug-likeness (QED) is 0.318. The second-order valence-electron chi connectivity index (χ2n) is 5.05. The molecule has 1 N–H and O–H groups in total. The maximum absolute atomic E-state index is 5.42. The van der Waals surface area contributed by atoms with E-state index in [2.05, 4.69) is 36.1 Å². The molecule has 0 spiro atoms. The Balaban J connectivity index is 0.00000324. The minimum absolute atomic E-state index is 0. The molecule has 1 aliphatic rings. The summed E-state index contributed by atoms with van der Waals surface area (Å²) in [5, 5.41) is 3.37. The Morgan fingerprint density at radius 1 is 1.37 bits per heavy atom. The van der Waals surface area contributed by atoms with Crippen LogP contribution in [0.4, 0.5) is 0 Å². The highest BCUT2D eigenvalue weighted by atomic mass is 127. The third-order valence-corrected chi connectivity index (χ3v) is 3.28. The van der Waals surface area contributed by atoms with Crippen LogP contribution in [0.2, 0.25) is 0 Å². The van der Waals surface area contributed by atoms with E-state index >= 15 is 0 Å². The molecule has 0 bridgehead atoms. The van der Waals surface area contributed by atoms with Crippen LogP contribution in [0.1, 0.15) is 39.5 Å². The van der Waals surface area contributed by atoms with Crippen LogP contribution in [-0.4, -0.2) is 50.8 Å². The van der Waals surface area contributed by atoms with E-state index in [0.717, 1.165) is 38.8 Å². The number of hydrogen-bond acceptors (Lipinski definition) is 2. The fourth-order valence-electron chi connectivity index (χ4n) is 2.22. The van der Waals surface area contributed by atoms with Gasteiger partial charge < -0.3 is 15.0 Å². The predicted octanol–water partition coefficient (Wildman–Crippen LogP) is 2.73. The van der Waals surface area contributed by atoms with Gasteiger partial charge in [0.15, 0.2) is 5.96 Å². The van der Waals surface area contributed by atoms with Crippen LogP contribution in [-0.2, 0) is 4.74 Å². The number of aliphatic imine (C=N–C) groups is 1. The molecule has 19 heavy (non-hydrogen) atoms. The molecule has 0 aromatic heterocycles. The average molecular weight is 383 g/mol. The van der Waals surface area contributed by atoms with Crippen LogP contribution in [0.15, 0.2) is 4.99 Å². The molecule has 0 saturated carbocycles. The van der Waals surface area contributed by atoms with E-state index in [-0.39, 0.29) is 24.0 Å². The van der Waals surface area contributed by atoms with Crippen LogP contribution in [0.25, 0.3) is 0 Å². The van der Waals surface area contributed by atoms with Gasteiger partial charge in [0.1, 0.15) is 0 Å². The average Bonchev–Trinajstić information content (AvgIpc) is 2.86. The minimum Gasteiger partial charge on any atom is -0.381 e. The van der Waals surface area contributed by atoms with Gasteiger partial charge in [-0.3, -0.25) is 4.99 Å². The molecule has 5 heteroatoms. The van der Waals surface area contributed by atoms with Crippen molar-refractivity contribution in [1.29, 1.82) is 0 Å². The zero-order valence-electron chi connectivity index (χ0n) is 12.7. The van der Waals surface area contributed by atoms with Gasteiger partial charge in [0, 0.05) is 39.2 Å². The number of nitrogens with one attached hydrogen (secondary N) is 1. The van der Waals surface area contributed by atoms with Crippen molar-refractivity contribution in [3.63, 3.8) is 0 Å². The van der Waals surface area contributed by atoms with Crippen molar-refractivity contribution in [3.8, 4) is 0 Å². The van der Waals surface area contributed by atoms with Crippen molar-refractivity contribution < 1.29 is 4.74 Å². The fourth-order valence-corrected chi connectivity index (χ4v) is 2.22. The summed E-state index contributed by atoms with van der Waals surface area (Å²) >= 11 is 0. The molecule has 1 saturated heterocycles. The Labute approximate surface area is 135 Å². The summed E-state index contributed by atoms with van der Waals surface area (Å²) in [6, 6.07) is 0. The van der Waals surface area contributed by atoms with Crippen molar-refractivity contribution >= 4 is 29.9 Å². The number of rotatable bonds is 7. The highest BCUT2D eigenvalue weighted by Gasteiger charge is 2.18. The first kappa shape index (κ1) is 19.0. The smallest absolute Gasteiger partial charge is 0.193 e.